The number of ketones is 1. The molecule has 0 bridgehead atoms. The molecule has 0 saturated heterocycles. The first-order valence-electron chi connectivity index (χ1n) is 3.44. The topological polar surface area (TPSA) is 46.5 Å². The van der Waals surface area contributed by atoms with Crippen molar-refractivity contribution in [3.63, 3.8) is 0 Å². The molecule has 0 aromatic carbocycles. The second kappa shape index (κ2) is 2.73. The van der Waals surface area contributed by atoms with Gasteiger partial charge in [-0.15, -0.1) is 0 Å². The van der Waals surface area contributed by atoms with E-state index in [0.29, 0.717) is 0 Å². The Labute approximate surface area is 71.8 Å². The fourth-order valence-electron chi connectivity index (χ4n) is 1.00. The van der Waals surface area contributed by atoms with Gasteiger partial charge in [-0.25, -0.2) is 0 Å². The first-order chi connectivity index (χ1) is 5.74. The van der Waals surface area contributed by atoms with Crippen LogP contribution in [0, 0.1) is 0 Å². The predicted octanol–water partition coefficient (Wildman–Crippen LogP) is 1.13. The van der Waals surface area contributed by atoms with E-state index in [2.05, 4.69) is 4.74 Å². The maximum atomic E-state index is 12.1. The lowest BCUT2D eigenvalue weighted by atomic mass is 10.1. The molecule has 1 aliphatic rings. The highest BCUT2D eigenvalue weighted by Crippen LogP contribution is 2.38. The van der Waals surface area contributed by atoms with E-state index in [1.54, 1.807) is 0 Å². The first-order valence-corrected chi connectivity index (χ1v) is 3.44. The van der Waals surface area contributed by atoms with Crippen molar-refractivity contribution < 1.29 is 27.8 Å². The lowest BCUT2D eigenvalue weighted by Gasteiger charge is -2.32. The highest BCUT2D eigenvalue weighted by atomic mass is 19.4. The molecule has 0 aromatic heterocycles. The van der Waals surface area contributed by atoms with Gasteiger partial charge >= 0.3 is 12.0 Å². The second-order valence-corrected chi connectivity index (χ2v) is 2.78. The van der Waals surface area contributed by atoms with Crippen molar-refractivity contribution in [2.45, 2.75) is 25.3 Å². The standard InChI is InChI=1S/C7H7F3O3/c1-4-2-5(11)3-6(12,13-4)7(8,9)10/h2,12H,3H2,1H3. The Bertz CT molecular complexity index is 269. The van der Waals surface area contributed by atoms with Gasteiger partial charge in [0.25, 0.3) is 0 Å². The van der Waals surface area contributed by atoms with Gasteiger partial charge in [0.1, 0.15) is 5.76 Å². The second-order valence-electron chi connectivity index (χ2n) is 2.78. The minimum absolute atomic E-state index is 0.240. The van der Waals surface area contributed by atoms with Crippen LogP contribution in [0.25, 0.3) is 0 Å². The molecule has 74 valence electrons. The van der Waals surface area contributed by atoms with Crippen LogP contribution < -0.4 is 0 Å². The van der Waals surface area contributed by atoms with Crippen molar-refractivity contribution in [1.82, 2.24) is 0 Å². The zero-order valence-electron chi connectivity index (χ0n) is 6.68. The number of aliphatic hydroxyl groups is 1. The molecule has 0 fully saturated rings. The molecule has 0 radical (unpaired) electrons. The van der Waals surface area contributed by atoms with Crippen LogP contribution in [0.15, 0.2) is 11.8 Å². The number of allylic oxidation sites excluding steroid dienone is 2. The minimum atomic E-state index is -4.96. The van der Waals surface area contributed by atoms with E-state index in [9.17, 15) is 18.0 Å². The summed E-state index contributed by atoms with van der Waals surface area (Å²) in [5.41, 5.74) is 0. The molecule has 1 aliphatic heterocycles. The van der Waals surface area contributed by atoms with E-state index < -0.39 is 24.2 Å². The van der Waals surface area contributed by atoms with E-state index in [1.165, 1.54) is 6.92 Å². The van der Waals surface area contributed by atoms with Crippen molar-refractivity contribution >= 4 is 5.78 Å². The van der Waals surface area contributed by atoms with Crippen LogP contribution in [0.4, 0.5) is 13.2 Å². The van der Waals surface area contributed by atoms with Crippen molar-refractivity contribution in [2.24, 2.45) is 0 Å². The van der Waals surface area contributed by atoms with Crippen molar-refractivity contribution in [3.8, 4) is 0 Å². The van der Waals surface area contributed by atoms with Gasteiger partial charge in [0.15, 0.2) is 5.78 Å². The van der Waals surface area contributed by atoms with Crippen molar-refractivity contribution in [1.29, 1.82) is 0 Å². The maximum Gasteiger partial charge on any atom is 0.455 e. The van der Waals surface area contributed by atoms with Gasteiger partial charge in [-0.3, -0.25) is 4.79 Å². The summed E-state index contributed by atoms with van der Waals surface area (Å²) >= 11 is 0. The first kappa shape index (κ1) is 10.0. The number of ether oxygens (including phenoxy) is 1. The summed E-state index contributed by atoms with van der Waals surface area (Å²) in [7, 11) is 0. The van der Waals surface area contributed by atoms with E-state index in [4.69, 9.17) is 5.11 Å². The zero-order chi connectivity index (χ0) is 10.3. The Morgan fingerprint density at radius 3 is 2.54 bits per heavy atom. The molecule has 1 rings (SSSR count). The van der Waals surface area contributed by atoms with Crippen LogP contribution in [0.2, 0.25) is 0 Å². The van der Waals surface area contributed by atoms with E-state index in [-0.39, 0.29) is 5.76 Å². The normalized spacial score (nSPS) is 29.6. The highest BCUT2D eigenvalue weighted by molar-refractivity contribution is 5.91. The zero-order valence-corrected chi connectivity index (χ0v) is 6.68. The Hall–Kier alpha value is -1.04. The average Bonchev–Trinajstić information content (AvgIpc) is 1.79. The number of rotatable bonds is 0. The van der Waals surface area contributed by atoms with E-state index in [1.807, 2.05) is 0 Å². The van der Waals surface area contributed by atoms with Gasteiger partial charge in [-0.05, 0) is 6.92 Å². The number of carbonyl (C=O) groups excluding carboxylic acids is 1. The number of carbonyl (C=O) groups is 1. The van der Waals surface area contributed by atoms with Gasteiger partial charge in [-0.2, -0.15) is 13.2 Å². The quantitative estimate of drug-likeness (QED) is 0.631. The average molecular weight is 196 g/mol. The Kier molecular flexibility index (Phi) is 2.11. The van der Waals surface area contributed by atoms with Crippen molar-refractivity contribution in [2.75, 3.05) is 0 Å². The predicted molar refractivity (Wildman–Crippen MR) is 35.5 cm³/mol. The molecule has 1 heterocycles. The molecule has 1 N–H and O–H groups in total. The van der Waals surface area contributed by atoms with Crippen LogP contribution in [0.5, 0.6) is 0 Å². The summed E-state index contributed by atoms with van der Waals surface area (Å²) in [4.78, 5) is 10.7. The highest BCUT2D eigenvalue weighted by Gasteiger charge is 2.58. The number of hydrogen-bond acceptors (Lipinski definition) is 3. The summed E-state index contributed by atoms with van der Waals surface area (Å²) in [6.07, 6.45) is -5.13. The number of halogens is 3. The molecule has 1 atom stereocenters. The summed E-state index contributed by atoms with van der Waals surface area (Å²) in [5, 5.41) is 8.94. The lowest BCUT2D eigenvalue weighted by molar-refractivity contribution is -0.354. The van der Waals surface area contributed by atoms with Gasteiger partial charge in [0.2, 0.25) is 0 Å². The third-order valence-electron chi connectivity index (χ3n) is 1.55. The van der Waals surface area contributed by atoms with E-state index >= 15 is 0 Å². The molecule has 3 nitrogen and oxygen atoms in total. The van der Waals surface area contributed by atoms with Gasteiger partial charge in [-0.1, -0.05) is 0 Å². The lowest BCUT2D eigenvalue weighted by Crippen LogP contribution is -2.50. The molecule has 0 spiro atoms. The minimum Gasteiger partial charge on any atom is -0.458 e. The molecule has 0 aromatic rings. The van der Waals surface area contributed by atoms with Crippen molar-refractivity contribution in [3.05, 3.63) is 11.8 Å². The monoisotopic (exact) mass is 196 g/mol. The van der Waals surface area contributed by atoms with Crippen LogP contribution in [-0.4, -0.2) is 22.9 Å². The maximum absolute atomic E-state index is 12.1. The third kappa shape index (κ3) is 1.82. The van der Waals surface area contributed by atoms with Gasteiger partial charge in [0, 0.05) is 6.08 Å². The smallest absolute Gasteiger partial charge is 0.455 e. The Balaban J connectivity index is 2.97. The summed E-state index contributed by atoms with van der Waals surface area (Å²) in [6.45, 7) is 1.17. The SMILES string of the molecule is CC1=CC(=O)CC(O)(C(F)(F)F)O1. The fourth-order valence-corrected chi connectivity index (χ4v) is 1.00. The largest absolute Gasteiger partial charge is 0.458 e. The molecule has 1 unspecified atom stereocenters. The fraction of sp³-hybridized carbons (Fsp3) is 0.571. The molecular formula is C7H7F3O3. The van der Waals surface area contributed by atoms with Crippen LogP contribution in [0.1, 0.15) is 13.3 Å². The summed E-state index contributed by atoms with van der Waals surface area (Å²) < 4.78 is 40.5. The number of hydrogen-bond donors (Lipinski definition) is 1. The van der Waals surface area contributed by atoms with Crippen LogP contribution in [0.3, 0.4) is 0 Å². The van der Waals surface area contributed by atoms with Crippen LogP contribution in [-0.2, 0) is 9.53 Å². The summed E-state index contributed by atoms with van der Waals surface area (Å²) in [6, 6.07) is 0. The molecular weight excluding hydrogens is 189 g/mol. The van der Waals surface area contributed by atoms with E-state index in [0.717, 1.165) is 6.08 Å². The van der Waals surface area contributed by atoms with Gasteiger partial charge in [0.05, 0.1) is 6.42 Å². The van der Waals surface area contributed by atoms with Gasteiger partial charge < -0.3 is 9.84 Å². The molecule has 6 heteroatoms. The Morgan fingerprint density at radius 2 is 2.15 bits per heavy atom. The molecule has 0 amide bonds. The molecule has 13 heavy (non-hydrogen) atoms. The molecule has 0 aliphatic carbocycles. The number of alkyl halides is 3. The molecule has 0 saturated carbocycles. The Morgan fingerprint density at radius 1 is 1.62 bits per heavy atom. The third-order valence-corrected chi connectivity index (χ3v) is 1.55. The summed E-state index contributed by atoms with van der Waals surface area (Å²) in [5.74, 6) is -4.40. The van der Waals surface area contributed by atoms with Crippen LogP contribution >= 0.6 is 0 Å².